The van der Waals surface area contributed by atoms with Crippen molar-refractivity contribution in [3.63, 3.8) is 0 Å². The predicted octanol–water partition coefficient (Wildman–Crippen LogP) is 1.33. The maximum Gasteiger partial charge on any atom is 0.239 e. The number of rotatable bonds is 7. The molecule has 4 nitrogen and oxygen atoms in total. The lowest BCUT2D eigenvalue weighted by molar-refractivity contribution is -0.120. The van der Waals surface area contributed by atoms with E-state index < -0.39 is 0 Å². The number of aliphatic hydroxyl groups excluding tert-OH is 1. The third-order valence-electron chi connectivity index (χ3n) is 2.66. The highest BCUT2D eigenvalue weighted by molar-refractivity contribution is 7.99. The van der Waals surface area contributed by atoms with Crippen molar-refractivity contribution in [1.29, 1.82) is 0 Å². The molecular formula is C13H20N2O2S. The van der Waals surface area contributed by atoms with E-state index in [0.717, 1.165) is 5.69 Å². The normalized spacial score (nSPS) is 13.7. The fraction of sp³-hybridized carbons (Fsp3) is 0.462. The summed E-state index contributed by atoms with van der Waals surface area (Å²) >= 11 is 1.55. The number of carbonyl (C=O) groups excluding carboxylic acids is 1. The maximum absolute atomic E-state index is 11.7. The second kappa shape index (κ2) is 8.00. The Bertz CT molecular complexity index is 355. The van der Waals surface area contributed by atoms with Crippen LogP contribution in [-0.4, -0.2) is 41.7 Å². The van der Waals surface area contributed by atoms with Crippen LogP contribution in [0.15, 0.2) is 30.3 Å². The number of carbonyl (C=O) groups is 1. The van der Waals surface area contributed by atoms with Gasteiger partial charge in [-0.3, -0.25) is 4.79 Å². The van der Waals surface area contributed by atoms with Crippen molar-refractivity contribution in [1.82, 2.24) is 5.32 Å². The third-order valence-corrected chi connectivity index (χ3v) is 3.82. The molecule has 0 aliphatic rings. The molecule has 5 heteroatoms. The number of aliphatic hydroxyl groups is 1. The topological polar surface area (TPSA) is 61.4 Å². The fourth-order valence-corrected chi connectivity index (χ4v) is 2.20. The van der Waals surface area contributed by atoms with Gasteiger partial charge in [-0.1, -0.05) is 18.2 Å². The molecule has 1 rings (SSSR count). The molecule has 0 bridgehead atoms. The molecular weight excluding hydrogens is 248 g/mol. The lowest BCUT2D eigenvalue weighted by Gasteiger charge is -2.21. The average molecular weight is 268 g/mol. The summed E-state index contributed by atoms with van der Waals surface area (Å²) in [4.78, 5) is 11.7. The number of hydrogen-bond acceptors (Lipinski definition) is 4. The molecule has 3 N–H and O–H groups in total. The summed E-state index contributed by atoms with van der Waals surface area (Å²) in [5.74, 6) is -0.0705. The quantitative estimate of drug-likeness (QED) is 0.698. The molecule has 2 atom stereocenters. The number of thioether (sulfide) groups is 1. The summed E-state index contributed by atoms with van der Waals surface area (Å²) in [7, 11) is 0. The molecule has 0 spiro atoms. The number of amides is 1. The van der Waals surface area contributed by atoms with Crippen LogP contribution in [0.3, 0.4) is 0 Å². The highest BCUT2D eigenvalue weighted by atomic mass is 32.2. The molecule has 0 fully saturated rings. The van der Waals surface area contributed by atoms with Crippen molar-refractivity contribution in [3.05, 3.63) is 30.3 Å². The van der Waals surface area contributed by atoms with Gasteiger partial charge < -0.3 is 15.7 Å². The van der Waals surface area contributed by atoms with E-state index in [1.807, 2.05) is 43.5 Å². The first kappa shape index (κ1) is 14.9. The van der Waals surface area contributed by atoms with E-state index in [1.165, 1.54) is 0 Å². The van der Waals surface area contributed by atoms with Gasteiger partial charge in [0.2, 0.25) is 5.91 Å². The summed E-state index contributed by atoms with van der Waals surface area (Å²) < 4.78 is 0. The lowest BCUT2D eigenvalue weighted by Crippen LogP contribution is -2.43. The molecule has 0 aliphatic heterocycles. The predicted molar refractivity (Wildman–Crippen MR) is 76.9 cm³/mol. The van der Waals surface area contributed by atoms with E-state index in [4.69, 9.17) is 5.11 Å². The SMILES string of the molecule is CSC(CO)C(C)NC(=O)CNc1ccccc1. The molecule has 1 amide bonds. The van der Waals surface area contributed by atoms with Crippen LogP contribution < -0.4 is 10.6 Å². The van der Waals surface area contributed by atoms with Crippen LogP contribution in [-0.2, 0) is 4.79 Å². The van der Waals surface area contributed by atoms with Gasteiger partial charge in [-0.2, -0.15) is 11.8 Å². The summed E-state index contributed by atoms with van der Waals surface area (Å²) in [5, 5.41) is 15.1. The number of anilines is 1. The van der Waals surface area contributed by atoms with Crippen molar-refractivity contribution in [2.24, 2.45) is 0 Å². The van der Waals surface area contributed by atoms with Crippen LogP contribution >= 0.6 is 11.8 Å². The molecule has 0 aliphatic carbocycles. The van der Waals surface area contributed by atoms with Gasteiger partial charge in [0.25, 0.3) is 0 Å². The van der Waals surface area contributed by atoms with Crippen LogP contribution in [0, 0.1) is 0 Å². The number of benzene rings is 1. The molecule has 0 saturated carbocycles. The van der Waals surface area contributed by atoms with Crippen molar-refractivity contribution in [2.45, 2.75) is 18.2 Å². The second-order valence-corrected chi connectivity index (χ2v) is 5.11. The number of nitrogens with one attached hydrogen (secondary N) is 2. The minimum Gasteiger partial charge on any atom is -0.395 e. The Balaban J connectivity index is 2.33. The van der Waals surface area contributed by atoms with Gasteiger partial charge in [0, 0.05) is 17.0 Å². The van der Waals surface area contributed by atoms with Gasteiger partial charge in [-0.15, -0.1) is 0 Å². The zero-order chi connectivity index (χ0) is 13.4. The van der Waals surface area contributed by atoms with Crippen LogP contribution in [0.2, 0.25) is 0 Å². The van der Waals surface area contributed by atoms with E-state index in [2.05, 4.69) is 10.6 Å². The minimum absolute atomic E-state index is 0.0330. The summed E-state index contributed by atoms with van der Waals surface area (Å²) in [6, 6.07) is 9.54. The molecule has 0 radical (unpaired) electrons. The first-order chi connectivity index (χ1) is 8.67. The van der Waals surface area contributed by atoms with E-state index in [-0.39, 0.29) is 30.4 Å². The van der Waals surface area contributed by atoms with Gasteiger partial charge in [0.15, 0.2) is 0 Å². The molecule has 1 aromatic rings. The Hall–Kier alpha value is -1.20. The first-order valence-electron chi connectivity index (χ1n) is 5.89. The largest absolute Gasteiger partial charge is 0.395 e. The second-order valence-electron chi connectivity index (χ2n) is 4.03. The highest BCUT2D eigenvalue weighted by Gasteiger charge is 2.16. The Morgan fingerprint density at radius 2 is 2.06 bits per heavy atom. The molecule has 0 heterocycles. The molecule has 100 valence electrons. The Morgan fingerprint density at radius 1 is 1.39 bits per heavy atom. The molecule has 0 saturated heterocycles. The summed E-state index contributed by atoms with van der Waals surface area (Å²) in [6.07, 6.45) is 1.92. The molecule has 2 unspecified atom stereocenters. The van der Waals surface area contributed by atoms with Crippen molar-refractivity contribution < 1.29 is 9.90 Å². The van der Waals surface area contributed by atoms with Crippen molar-refractivity contribution in [2.75, 3.05) is 24.7 Å². The standard InChI is InChI=1S/C13H20N2O2S/c1-10(12(9-16)18-2)15-13(17)8-14-11-6-4-3-5-7-11/h3-7,10,12,14,16H,8-9H2,1-2H3,(H,15,17). The average Bonchev–Trinajstić information content (AvgIpc) is 2.39. The number of para-hydroxylation sites is 1. The summed E-state index contributed by atoms with van der Waals surface area (Å²) in [6.45, 7) is 2.20. The van der Waals surface area contributed by atoms with E-state index in [9.17, 15) is 4.79 Å². The van der Waals surface area contributed by atoms with Crippen molar-refractivity contribution >= 4 is 23.4 Å². The minimum atomic E-state index is -0.0705. The summed E-state index contributed by atoms with van der Waals surface area (Å²) in [5.41, 5.74) is 0.920. The van der Waals surface area contributed by atoms with Gasteiger partial charge in [-0.05, 0) is 25.3 Å². The maximum atomic E-state index is 11.7. The lowest BCUT2D eigenvalue weighted by atomic mass is 10.2. The van der Waals surface area contributed by atoms with Crippen LogP contribution in [0.4, 0.5) is 5.69 Å². The van der Waals surface area contributed by atoms with Gasteiger partial charge in [0.1, 0.15) is 0 Å². The van der Waals surface area contributed by atoms with Crippen LogP contribution in [0.5, 0.6) is 0 Å². The van der Waals surface area contributed by atoms with E-state index in [1.54, 1.807) is 11.8 Å². The van der Waals surface area contributed by atoms with Gasteiger partial charge in [-0.25, -0.2) is 0 Å². The Morgan fingerprint density at radius 3 is 2.61 bits per heavy atom. The first-order valence-corrected chi connectivity index (χ1v) is 7.18. The monoisotopic (exact) mass is 268 g/mol. The Kier molecular flexibility index (Phi) is 6.60. The zero-order valence-corrected chi connectivity index (χ0v) is 11.5. The molecule has 0 aromatic heterocycles. The van der Waals surface area contributed by atoms with E-state index in [0.29, 0.717) is 0 Å². The molecule has 1 aromatic carbocycles. The van der Waals surface area contributed by atoms with Crippen LogP contribution in [0.1, 0.15) is 6.92 Å². The van der Waals surface area contributed by atoms with Crippen molar-refractivity contribution in [3.8, 4) is 0 Å². The third kappa shape index (κ3) is 4.98. The zero-order valence-electron chi connectivity index (χ0n) is 10.7. The fourth-order valence-electron chi connectivity index (χ4n) is 1.57. The Labute approximate surface area is 112 Å². The van der Waals surface area contributed by atoms with Crippen LogP contribution in [0.25, 0.3) is 0 Å². The smallest absolute Gasteiger partial charge is 0.239 e. The number of hydrogen-bond donors (Lipinski definition) is 3. The highest BCUT2D eigenvalue weighted by Crippen LogP contribution is 2.10. The van der Waals surface area contributed by atoms with Gasteiger partial charge >= 0.3 is 0 Å². The van der Waals surface area contributed by atoms with E-state index >= 15 is 0 Å². The van der Waals surface area contributed by atoms with Gasteiger partial charge in [0.05, 0.1) is 13.2 Å². The molecule has 18 heavy (non-hydrogen) atoms.